The van der Waals surface area contributed by atoms with Crippen LogP contribution in [0.3, 0.4) is 0 Å². The van der Waals surface area contributed by atoms with Gasteiger partial charge in [-0.25, -0.2) is 0 Å². The van der Waals surface area contributed by atoms with Gasteiger partial charge < -0.3 is 4.74 Å². The number of carbonyl (C=O) groups excluding carboxylic acids is 1. The maximum absolute atomic E-state index is 11.8. The first-order valence-electron chi connectivity index (χ1n) is 5.75. The second-order valence-corrected chi connectivity index (χ2v) is 4.24. The van der Waals surface area contributed by atoms with E-state index < -0.39 is 11.4 Å². The predicted molar refractivity (Wildman–Crippen MR) is 65.1 cm³/mol. The van der Waals surface area contributed by atoms with Gasteiger partial charge in [0, 0.05) is 6.42 Å². The van der Waals surface area contributed by atoms with Crippen molar-refractivity contribution < 1.29 is 9.53 Å². The van der Waals surface area contributed by atoms with Crippen LogP contribution < -0.4 is 0 Å². The predicted octanol–water partition coefficient (Wildman–Crippen LogP) is 2.71. The SMILES string of the molecule is CCCOC(=O)C(C)(C#N)Cc1ccccc1. The van der Waals surface area contributed by atoms with E-state index in [1.165, 1.54) is 0 Å². The van der Waals surface area contributed by atoms with Gasteiger partial charge in [0.05, 0.1) is 12.7 Å². The van der Waals surface area contributed by atoms with E-state index in [1.807, 2.05) is 37.3 Å². The molecule has 0 saturated heterocycles. The molecular formula is C14H17NO2. The molecule has 0 aliphatic carbocycles. The van der Waals surface area contributed by atoms with Crippen molar-refractivity contribution >= 4 is 5.97 Å². The van der Waals surface area contributed by atoms with Gasteiger partial charge in [-0.05, 0) is 18.9 Å². The van der Waals surface area contributed by atoms with Crippen LogP contribution in [0.2, 0.25) is 0 Å². The largest absolute Gasteiger partial charge is 0.465 e. The van der Waals surface area contributed by atoms with Crippen molar-refractivity contribution in [1.82, 2.24) is 0 Å². The van der Waals surface area contributed by atoms with Crippen molar-refractivity contribution in [2.45, 2.75) is 26.7 Å². The van der Waals surface area contributed by atoms with Gasteiger partial charge in [0.1, 0.15) is 0 Å². The second kappa shape index (κ2) is 6.05. The number of nitrogens with zero attached hydrogens (tertiary/aromatic N) is 1. The molecule has 0 aliphatic heterocycles. The fourth-order valence-electron chi connectivity index (χ4n) is 1.52. The fourth-order valence-corrected chi connectivity index (χ4v) is 1.52. The van der Waals surface area contributed by atoms with Crippen LogP contribution in [0.1, 0.15) is 25.8 Å². The Hall–Kier alpha value is -1.82. The van der Waals surface area contributed by atoms with E-state index in [1.54, 1.807) is 6.92 Å². The molecule has 0 N–H and O–H groups in total. The van der Waals surface area contributed by atoms with Crippen LogP contribution in [0.5, 0.6) is 0 Å². The summed E-state index contributed by atoms with van der Waals surface area (Å²) in [4.78, 5) is 11.8. The first-order valence-corrected chi connectivity index (χ1v) is 5.75. The second-order valence-electron chi connectivity index (χ2n) is 4.24. The Morgan fingerprint density at radius 3 is 2.59 bits per heavy atom. The van der Waals surface area contributed by atoms with E-state index in [4.69, 9.17) is 10.00 Å². The highest BCUT2D eigenvalue weighted by Crippen LogP contribution is 2.23. The minimum absolute atomic E-state index is 0.366. The standard InChI is InChI=1S/C14H17NO2/c1-3-9-17-13(16)14(2,11-15)10-12-7-5-4-6-8-12/h4-8H,3,9-10H2,1-2H3. The third-order valence-corrected chi connectivity index (χ3v) is 2.54. The molecule has 0 spiro atoms. The number of benzene rings is 1. The van der Waals surface area contributed by atoms with Crippen molar-refractivity contribution in [2.24, 2.45) is 5.41 Å². The summed E-state index contributed by atoms with van der Waals surface area (Å²) in [7, 11) is 0. The van der Waals surface area contributed by atoms with Crippen molar-refractivity contribution in [3.63, 3.8) is 0 Å². The Morgan fingerprint density at radius 2 is 2.06 bits per heavy atom. The lowest BCUT2D eigenvalue weighted by Crippen LogP contribution is -2.30. The van der Waals surface area contributed by atoms with Crippen molar-refractivity contribution in [3.8, 4) is 6.07 Å². The highest BCUT2D eigenvalue weighted by Gasteiger charge is 2.35. The zero-order valence-electron chi connectivity index (χ0n) is 10.3. The van der Waals surface area contributed by atoms with Crippen molar-refractivity contribution in [3.05, 3.63) is 35.9 Å². The summed E-state index contributed by atoms with van der Waals surface area (Å²) in [6.07, 6.45) is 1.14. The first kappa shape index (κ1) is 13.2. The zero-order valence-corrected chi connectivity index (χ0v) is 10.3. The topological polar surface area (TPSA) is 50.1 Å². The Kier molecular flexibility index (Phi) is 4.71. The lowest BCUT2D eigenvalue weighted by atomic mass is 9.85. The molecule has 1 aromatic carbocycles. The highest BCUT2D eigenvalue weighted by molar-refractivity contribution is 5.80. The Balaban J connectivity index is 2.76. The maximum Gasteiger partial charge on any atom is 0.326 e. The molecule has 0 saturated carbocycles. The molecule has 0 heterocycles. The molecule has 0 fully saturated rings. The first-order chi connectivity index (χ1) is 8.12. The molecule has 0 aliphatic rings. The monoisotopic (exact) mass is 231 g/mol. The molecular weight excluding hydrogens is 214 g/mol. The van der Waals surface area contributed by atoms with Crippen LogP contribution >= 0.6 is 0 Å². The number of esters is 1. The number of carbonyl (C=O) groups is 1. The smallest absolute Gasteiger partial charge is 0.326 e. The van der Waals surface area contributed by atoms with Crippen LogP contribution in [0.4, 0.5) is 0 Å². The molecule has 1 atom stereocenters. The third kappa shape index (κ3) is 3.60. The molecule has 0 aromatic heterocycles. The van der Waals surface area contributed by atoms with Gasteiger partial charge in [0.25, 0.3) is 0 Å². The number of rotatable bonds is 5. The molecule has 3 heteroatoms. The number of hydrogen-bond acceptors (Lipinski definition) is 3. The lowest BCUT2D eigenvalue weighted by molar-refractivity contribution is -0.151. The van der Waals surface area contributed by atoms with Gasteiger partial charge >= 0.3 is 5.97 Å². The van der Waals surface area contributed by atoms with Crippen LogP contribution in [-0.4, -0.2) is 12.6 Å². The van der Waals surface area contributed by atoms with E-state index in [9.17, 15) is 4.79 Å². The van der Waals surface area contributed by atoms with E-state index >= 15 is 0 Å². The van der Waals surface area contributed by atoms with Gasteiger partial charge in [-0.15, -0.1) is 0 Å². The van der Waals surface area contributed by atoms with Gasteiger partial charge in [-0.1, -0.05) is 37.3 Å². The summed E-state index contributed by atoms with van der Waals surface area (Å²) in [5.41, 5.74) is -0.138. The molecule has 1 aromatic rings. The summed E-state index contributed by atoms with van der Waals surface area (Å²) in [6, 6.07) is 11.6. The Labute approximate surface area is 102 Å². The van der Waals surface area contributed by atoms with E-state index in [0.29, 0.717) is 13.0 Å². The van der Waals surface area contributed by atoms with Gasteiger partial charge in [-0.2, -0.15) is 5.26 Å². The zero-order chi connectivity index (χ0) is 12.7. The summed E-state index contributed by atoms with van der Waals surface area (Å²) < 4.78 is 5.06. The van der Waals surface area contributed by atoms with Gasteiger partial charge in [0.2, 0.25) is 0 Å². The number of nitriles is 1. The molecule has 3 nitrogen and oxygen atoms in total. The third-order valence-electron chi connectivity index (χ3n) is 2.54. The summed E-state index contributed by atoms with van der Waals surface area (Å²) in [5, 5.41) is 9.17. The fraction of sp³-hybridized carbons (Fsp3) is 0.429. The van der Waals surface area contributed by atoms with E-state index in [0.717, 1.165) is 12.0 Å². The van der Waals surface area contributed by atoms with E-state index in [-0.39, 0.29) is 0 Å². The number of ether oxygens (including phenoxy) is 1. The Morgan fingerprint density at radius 1 is 1.41 bits per heavy atom. The van der Waals surface area contributed by atoms with Crippen LogP contribution in [0, 0.1) is 16.7 Å². The van der Waals surface area contributed by atoms with E-state index in [2.05, 4.69) is 6.07 Å². The number of hydrogen-bond donors (Lipinski definition) is 0. The minimum Gasteiger partial charge on any atom is -0.465 e. The van der Waals surface area contributed by atoms with Crippen LogP contribution in [-0.2, 0) is 16.0 Å². The van der Waals surface area contributed by atoms with Crippen molar-refractivity contribution in [1.29, 1.82) is 5.26 Å². The Bertz CT molecular complexity index is 408. The molecule has 90 valence electrons. The molecule has 0 radical (unpaired) electrons. The summed E-state index contributed by atoms with van der Waals surface area (Å²) in [5.74, 6) is -0.439. The summed E-state index contributed by atoms with van der Waals surface area (Å²) in [6.45, 7) is 3.91. The van der Waals surface area contributed by atoms with Crippen molar-refractivity contribution in [2.75, 3.05) is 6.61 Å². The molecule has 0 amide bonds. The molecule has 1 unspecified atom stereocenters. The lowest BCUT2D eigenvalue weighted by Gasteiger charge is -2.19. The quantitative estimate of drug-likeness (QED) is 0.732. The summed E-state index contributed by atoms with van der Waals surface area (Å²) >= 11 is 0. The molecule has 17 heavy (non-hydrogen) atoms. The average molecular weight is 231 g/mol. The average Bonchev–Trinajstić information content (AvgIpc) is 2.36. The normalized spacial score (nSPS) is 13.5. The molecule has 0 bridgehead atoms. The van der Waals surface area contributed by atoms with Gasteiger partial charge in [0.15, 0.2) is 5.41 Å². The molecule has 1 rings (SSSR count). The highest BCUT2D eigenvalue weighted by atomic mass is 16.5. The minimum atomic E-state index is -1.10. The van der Waals surface area contributed by atoms with Gasteiger partial charge in [-0.3, -0.25) is 4.79 Å². The van der Waals surface area contributed by atoms with Crippen LogP contribution in [0.15, 0.2) is 30.3 Å². The maximum atomic E-state index is 11.8. The van der Waals surface area contributed by atoms with Crippen LogP contribution in [0.25, 0.3) is 0 Å².